The third-order valence-corrected chi connectivity index (χ3v) is 6.79. The number of nitrogens with one attached hydrogen (secondary N) is 1. The number of carbonyl (C=O) groups is 1. The number of ether oxygens (including phenoxy) is 1. The number of carbonyl (C=O) groups excluding carboxylic acids is 1. The van der Waals surface area contributed by atoms with E-state index in [9.17, 15) is 9.90 Å². The Morgan fingerprint density at radius 1 is 0.871 bits per heavy atom. The fourth-order valence-corrected chi connectivity index (χ4v) is 5.08. The summed E-state index contributed by atoms with van der Waals surface area (Å²) in [5, 5.41) is 14.0. The lowest BCUT2D eigenvalue weighted by atomic mass is 9.78. The molecule has 31 heavy (non-hydrogen) atoms. The Morgan fingerprint density at radius 2 is 1.42 bits per heavy atom. The molecule has 0 aromatic heterocycles. The van der Waals surface area contributed by atoms with Crippen LogP contribution in [0.25, 0.3) is 11.1 Å². The van der Waals surface area contributed by atoms with E-state index in [-0.39, 0.29) is 18.1 Å². The number of alkyl carbamates (subject to hydrolysis) is 1. The zero-order valence-electron chi connectivity index (χ0n) is 17.5. The van der Waals surface area contributed by atoms with Gasteiger partial charge >= 0.3 is 6.09 Å². The Bertz CT molecular complexity index is 1030. The highest BCUT2D eigenvalue weighted by molar-refractivity contribution is 5.79. The lowest BCUT2D eigenvalue weighted by Gasteiger charge is -2.36. The van der Waals surface area contributed by atoms with Crippen LogP contribution in [-0.2, 0) is 10.3 Å². The third-order valence-electron chi connectivity index (χ3n) is 6.79. The van der Waals surface area contributed by atoms with Gasteiger partial charge in [-0.15, -0.1) is 0 Å². The first-order valence-electron chi connectivity index (χ1n) is 11.0. The summed E-state index contributed by atoms with van der Waals surface area (Å²) in [4.78, 5) is 12.5. The van der Waals surface area contributed by atoms with E-state index in [1.807, 2.05) is 54.6 Å². The Kier molecular flexibility index (Phi) is 5.24. The van der Waals surface area contributed by atoms with E-state index in [0.29, 0.717) is 19.4 Å². The summed E-state index contributed by atoms with van der Waals surface area (Å²) < 4.78 is 5.67. The van der Waals surface area contributed by atoms with Gasteiger partial charge in [0.1, 0.15) is 6.61 Å². The van der Waals surface area contributed by atoms with Crippen LogP contribution in [0.2, 0.25) is 0 Å². The molecule has 0 unspecified atom stereocenters. The van der Waals surface area contributed by atoms with Crippen LogP contribution in [0.4, 0.5) is 4.79 Å². The molecule has 2 aliphatic carbocycles. The van der Waals surface area contributed by atoms with E-state index in [4.69, 9.17) is 4.74 Å². The fourth-order valence-electron chi connectivity index (χ4n) is 5.08. The maximum atomic E-state index is 12.5. The summed E-state index contributed by atoms with van der Waals surface area (Å²) in [6, 6.07) is 26.5. The number of benzene rings is 3. The largest absolute Gasteiger partial charge is 0.449 e. The monoisotopic (exact) mass is 413 g/mol. The molecule has 4 nitrogen and oxygen atoms in total. The smallest absolute Gasteiger partial charge is 0.407 e. The molecule has 0 spiro atoms. The van der Waals surface area contributed by atoms with Crippen LogP contribution in [0.15, 0.2) is 78.9 Å². The van der Waals surface area contributed by atoms with E-state index in [1.165, 1.54) is 22.3 Å². The average molecular weight is 414 g/mol. The van der Waals surface area contributed by atoms with Crippen molar-refractivity contribution in [1.29, 1.82) is 0 Å². The maximum Gasteiger partial charge on any atom is 0.407 e. The Labute approximate surface area is 182 Å². The van der Waals surface area contributed by atoms with Crippen LogP contribution >= 0.6 is 0 Å². The molecule has 3 aromatic carbocycles. The number of amides is 1. The fraction of sp³-hybridized carbons (Fsp3) is 0.296. The van der Waals surface area contributed by atoms with Crippen molar-refractivity contribution >= 4 is 6.09 Å². The second-order valence-electron chi connectivity index (χ2n) is 8.64. The first-order valence-corrected chi connectivity index (χ1v) is 11.0. The topological polar surface area (TPSA) is 58.6 Å². The zero-order valence-corrected chi connectivity index (χ0v) is 17.5. The van der Waals surface area contributed by atoms with Crippen molar-refractivity contribution in [3.8, 4) is 11.1 Å². The van der Waals surface area contributed by atoms with E-state index in [0.717, 1.165) is 18.4 Å². The Hall–Kier alpha value is -3.11. The lowest BCUT2D eigenvalue weighted by molar-refractivity contribution is -0.00848. The molecule has 3 aromatic rings. The molecule has 4 heteroatoms. The summed E-state index contributed by atoms with van der Waals surface area (Å²) in [6.07, 6.45) is 2.35. The van der Waals surface area contributed by atoms with Gasteiger partial charge in [0.25, 0.3) is 0 Å². The molecule has 158 valence electrons. The minimum atomic E-state index is -0.805. The van der Waals surface area contributed by atoms with Gasteiger partial charge in [-0.1, -0.05) is 78.9 Å². The number of hydrogen-bond donors (Lipinski definition) is 2. The van der Waals surface area contributed by atoms with Crippen molar-refractivity contribution in [1.82, 2.24) is 5.32 Å². The highest BCUT2D eigenvalue weighted by Gasteiger charge is 2.35. The molecule has 0 saturated heterocycles. The normalized spacial score (nSPS) is 22.4. The van der Waals surface area contributed by atoms with E-state index in [1.54, 1.807) is 0 Å². The SMILES string of the molecule is O=C(NC1CCC(O)(c2ccccc2)CC1)OCC1c2ccccc2-c2ccccc21. The summed E-state index contributed by atoms with van der Waals surface area (Å²) in [5.74, 6) is 0.0627. The summed E-state index contributed by atoms with van der Waals surface area (Å²) in [5.41, 5.74) is 5.01. The molecule has 1 fully saturated rings. The van der Waals surface area contributed by atoms with Crippen molar-refractivity contribution in [2.24, 2.45) is 0 Å². The van der Waals surface area contributed by atoms with Crippen molar-refractivity contribution in [2.45, 2.75) is 43.2 Å². The van der Waals surface area contributed by atoms with Gasteiger partial charge in [0.05, 0.1) is 5.60 Å². The first-order chi connectivity index (χ1) is 15.1. The molecular weight excluding hydrogens is 386 g/mol. The Balaban J connectivity index is 1.18. The number of fused-ring (bicyclic) bond motifs is 3. The zero-order chi connectivity index (χ0) is 21.3. The Morgan fingerprint density at radius 3 is 2.03 bits per heavy atom. The number of aliphatic hydroxyl groups is 1. The van der Waals surface area contributed by atoms with Crippen LogP contribution in [0.1, 0.15) is 48.3 Å². The molecule has 5 rings (SSSR count). The van der Waals surface area contributed by atoms with Crippen LogP contribution in [-0.4, -0.2) is 23.8 Å². The highest BCUT2D eigenvalue weighted by Crippen LogP contribution is 2.44. The van der Waals surface area contributed by atoms with Crippen LogP contribution < -0.4 is 5.32 Å². The molecule has 0 bridgehead atoms. The molecular formula is C27H27NO3. The molecule has 1 amide bonds. The predicted molar refractivity (Wildman–Crippen MR) is 121 cm³/mol. The summed E-state index contributed by atoms with van der Waals surface area (Å²) >= 11 is 0. The minimum Gasteiger partial charge on any atom is -0.449 e. The van der Waals surface area contributed by atoms with Gasteiger partial charge in [-0.3, -0.25) is 0 Å². The molecule has 1 saturated carbocycles. The van der Waals surface area contributed by atoms with Gasteiger partial charge in [0, 0.05) is 12.0 Å². The minimum absolute atomic E-state index is 0.0274. The third kappa shape index (κ3) is 3.84. The second kappa shape index (κ2) is 8.20. The van der Waals surface area contributed by atoms with Gasteiger partial charge in [-0.25, -0.2) is 4.79 Å². The predicted octanol–water partition coefficient (Wildman–Crippen LogP) is 5.36. The molecule has 2 N–H and O–H groups in total. The second-order valence-corrected chi connectivity index (χ2v) is 8.64. The molecule has 0 radical (unpaired) electrons. The number of hydrogen-bond acceptors (Lipinski definition) is 3. The first kappa shape index (κ1) is 19.8. The van der Waals surface area contributed by atoms with E-state index >= 15 is 0 Å². The lowest BCUT2D eigenvalue weighted by Crippen LogP contribution is -2.42. The standard InChI is InChI=1S/C27H27NO3/c29-26(28-20-14-16-27(30,17-15-20)19-8-2-1-3-9-19)31-18-25-23-12-6-4-10-21(23)22-11-5-7-13-24(22)25/h1-13,20,25,30H,14-18H2,(H,28,29). The van der Waals surface area contributed by atoms with Gasteiger partial charge in [0.15, 0.2) is 0 Å². The van der Waals surface area contributed by atoms with Gasteiger partial charge < -0.3 is 15.2 Å². The number of rotatable bonds is 4. The summed E-state index contributed by atoms with van der Waals surface area (Å²) in [6.45, 7) is 0.320. The van der Waals surface area contributed by atoms with Crippen LogP contribution in [0.3, 0.4) is 0 Å². The van der Waals surface area contributed by atoms with E-state index in [2.05, 4.69) is 29.6 Å². The van der Waals surface area contributed by atoms with Gasteiger partial charge in [0.2, 0.25) is 0 Å². The van der Waals surface area contributed by atoms with Crippen LogP contribution in [0.5, 0.6) is 0 Å². The van der Waals surface area contributed by atoms with Gasteiger partial charge in [-0.05, 0) is 53.5 Å². The van der Waals surface area contributed by atoms with Crippen molar-refractivity contribution < 1.29 is 14.6 Å². The van der Waals surface area contributed by atoms with Gasteiger partial charge in [-0.2, -0.15) is 0 Å². The quantitative estimate of drug-likeness (QED) is 0.606. The maximum absolute atomic E-state index is 12.5. The van der Waals surface area contributed by atoms with Crippen LogP contribution in [0, 0.1) is 0 Å². The highest BCUT2D eigenvalue weighted by atomic mass is 16.5. The van der Waals surface area contributed by atoms with Crippen molar-refractivity contribution in [3.05, 3.63) is 95.6 Å². The molecule has 0 aliphatic heterocycles. The van der Waals surface area contributed by atoms with E-state index < -0.39 is 5.60 Å². The van der Waals surface area contributed by atoms with Crippen molar-refractivity contribution in [3.63, 3.8) is 0 Å². The van der Waals surface area contributed by atoms with Crippen molar-refractivity contribution in [2.75, 3.05) is 6.61 Å². The average Bonchev–Trinajstić information content (AvgIpc) is 3.14. The molecule has 0 heterocycles. The molecule has 2 aliphatic rings. The summed E-state index contributed by atoms with van der Waals surface area (Å²) in [7, 11) is 0. The molecule has 0 atom stereocenters.